The fourth-order valence-corrected chi connectivity index (χ4v) is 4.90. The van der Waals surface area contributed by atoms with Gasteiger partial charge in [0, 0.05) is 49.0 Å². The van der Waals surface area contributed by atoms with Crippen molar-refractivity contribution < 1.29 is 28.6 Å². The summed E-state index contributed by atoms with van der Waals surface area (Å²) in [6.07, 6.45) is 5.72. The fraction of sp³-hybridized carbons (Fsp3) is 0.400. The number of anilines is 2. The van der Waals surface area contributed by atoms with Gasteiger partial charge in [0.25, 0.3) is 5.91 Å². The summed E-state index contributed by atoms with van der Waals surface area (Å²) in [4.78, 5) is 25.3. The van der Waals surface area contributed by atoms with E-state index in [-0.39, 0.29) is 36.0 Å². The molecule has 0 saturated heterocycles. The van der Waals surface area contributed by atoms with Crippen LogP contribution in [0.25, 0.3) is 11.0 Å². The molecule has 1 aliphatic rings. The van der Waals surface area contributed by atoms with Gasteiger partial charge in [0.05, 0.1) is 17.6 Å². The Balaban J connectivity index is 1.39. The molecule has 39 heavy (non-hydrogen) atoms. The SMILES string of the molecule is CCOC1OC(C(=O)NCCCCC(=O)Nc2ccccc2N)=CC(c2coc3ccccc23)C1CCCO. The van der Waals surface area contributed by atoms with E-state index in [0.717, 1.165) is 16.5 Å². The monoisotopic (exact) mass is 535 g/mol. The van der Waals surface area contributed by atoms with Gasteiger partial charge in [-0.2, -0.15) is 0 Å². The van der Waals surface area contributed by atoms with Gasteiger partial charge in [0.15, 0.2) is 5.76 Å². The van der Waals surface area contributed by atoms with Crippen molar-refractivity contribution in [3.05, 3.63) is 72.2 Å². The molecule has 0 aliphatic carbocycles. The molecule has 2 aromatic carbocycles. The van der Waals surface area contributed by atoms with E-state index in [2.05, 4.69) is 10.6 Å². The highest BCUT2D eigenvalue weighted by Gasteiger charge is 2.39. The molecule has 0 fully saturated rings. The van der Waals surface area contributed by atoms with Crippen LogP contribution in [-0.4, -0.2) is 43.0 Å². The number of aliphatic hydroxyl groups excluding tert-OH is 1. The topological polar surface area (TPSA) is 136 Å². The highest BCUT2D eigenvalue weighted by Crippen LogP contribution is 2.42. The summed E-state index contributed by atoms with van der Waals surface area (Å²) < 4.78 is 17.8. The number of unbranched alkanes of at least 4 members (excludes halogenated alkanes) is 1. The summed E-state index contributed by atoms with van der Waals surface area (Å²) in [7, 11) is 0. The van der Waals surface area contributed by atoms with E-state index in [1.54, 1.807) is 18.4 Å². The molecule has 3 aromatic rings. The molecule has 9 heteroatoms. The van der Waals surface area contributed by atoms with Crippen molar-refractivity contribution in [3.8, 4) is 0 Å². The Labute approximate surface area is 228 Å². The predicted octanol–water partition coefficient (Wildman–Crippen LogP) is 4.69. The standard InChI is InChI=1S/C30H37N3O6/c1-2-37-30-21(11-9-17-34)22(23-19-38-26-14-6-3-10-20(23)26)18-27(39-30)29(36)32-16-8-7-15-28(35)33-25-13-5-4-12-24(25)31/h3-6,10,12-14,18-19,21-22,30,34H,2,7-9,11,15-17,31H2,1H3,(H,32,36)(H,33,35). The van der Waals surface area contributed by atoms with Crippen molar-refractivity contribution in [2.45, 2.75) is 51.2 Å². The zero-order chi connectivity index (χ0) is 27.6. The summed E-state index contributed by atoms with van der Waals surface area (Å²) >= 11 is 0. The van der Waals surface area contributed by atoms with Crippen molar-refractivity contribution in [2.75, 3.05) is 30.8 Å². The van der Waals surface area contributed by atoms with Gasteiger partial charge in [0.2, 0.25) is 12.2 Å². The third kappa shape index (κ3) is 7.19. The zero-order valence-corrected chi connectivity index (χ0v) is 22.2. The largest absolute Gasteiger partial charge is 0.464 e. The number of fused-ring (bicyclic) bond motifs is 1. The van der Waals surface area contributed by atoms with Crippen molar-refractivity contribution in [3.63, 3.8) is 0 Å². The Kier molecular flexibility index (Phi) is 9.99. The summed E-state index contributed by atoms with van der Waals surface area (Å²) in [5.74, 6) is -0.561. The summed E-state index contributed by atoms with van der Waals surface area (Å²) in [6.45, 7) is 2.76. The first-order chi connectivity index (χ1) is 19.0. The first-order valence-electron chi connectivity index (χ1n) is 13.5. The van der Waals surface area contributed by atoms with Gasteiger partial charge in [-0.25, -0.2) is 0 Å². The van der Waals surface area contributed by atoms with Crippen LogP contribution in [0.3, 0.4) is 0 Å². The van der Waals surface area contributed by atoms with E-state index in [1.807, 2.05) is 49.4 Å². The van der Waals surface area contributed by atoms with Crippen molar-refractivity contribution in [2.24, 2.45) is 5.92 Å². The number of carbonyl (C=O) groups is 2. The third-order valence-electron chi connectivity index (χ3n) is 6.86. The number of amides is 2. The van der Waals surface area contributed by atoms with Crippen molar-refractivity contribution >= 4 is 34.2 Å². The van der Waals surface area contributed by atoms with E-state index in [4.69, 9.17) is 19.6 Å². The van der Waals surface area contributed by atoms with E-state index < -0.39 is 6.29 Å². The van der Waals surface area contributed by atoms with E-state index in [1.165, 1.54) is 0 Å². The number of nitrogen functional groups attached to an aromatic ring is 1. The van der Waals surface area contributed by atoms with Gasteiger partial charge < -0.3 is 35.4 Å². The second kappa shape index (κ2) is 13.8. The average Bonchev–Trinajstić information content (AvgIpc) is 3.37. The van der Waals surface area contributed by atoms with Crippen LogP contribution >= 0.6 is 0 Å². The quantitative estimate of drug-likeness (QED) is 0.184. The molecule has 208 valence electrons. The maximum atomic E-state index is 13.1. The number of benzene rings is 2. The van der Waals surface area contributed by atoms with Crippen LogP contribution in [0.2, 0.25) is 0 Å². The zero-order valence-electron chi connectivity index (χ0n) is 22.2. The first-order valence-corrected chi connectivity index (χ1v) is 13.5. The van der Waals surface area contributed by atoms with Crippen LogP contribution in [0.5, 0.6) is 0 Å². The number of hydrogen-bond acceptors (Lipinski definition) is 7. The molecule has 0 bridgehead atoms. The summed E-state index contributed by atoms with van der Waals surface area (Å²) in [5.41, 5.74) is 8.71. The molecule has 0 spiro atoms. The molecule has 0 radical (unpaired) electrons. The lowest BCUT2D eigenvalue weighted by Crippen LogP contribution is -2.39. The lowest BCUT2D eigenvalue weighted by Gasteiger charge is -2.36. The van der Waals surface area contributed by atoms with Gasteiger partial charge >= 0.3 is 0 Å². The Bertz CT molecular complexity index is 1290. The number of carbonyl (C=O) groups excluding carboxylic acids is 2. The molecule has 1 aliphatic heterocycles. The van der Waals surface area contributed by atoms with Crippen LogP contribution in [0.1, 0.15) is 50.5 Å². The maximum absolute atomic E-state index is 13.1. The second-order valence-corrected chi connectivity index (χ2v) is 9.56. The van der Waals surface area contributed by atoms with Crippen LogP contribution in [-0.2, 0) is 19.1 Å². The van der Waals surface area contributed by atoms with Gasteiger partial charge in [-0.3, -0.25) is 9.59 Å². The Hall–Kier alpha value is -3.82. The molecule has 3 atom stereocenters. The Morgan fingerprint density at radius 1 is 1.08 bits per heavy atom. The van der Waals surface area contributed by atoms with Crippen LogP contribution in [0.4, 0.5) is 11.4 Å². The molecule has 5 N–H and O–H groups in total. The second-order valence-electron chi connectivity index (χ2n) is 9.56. The lowest BCUT2D eigenvalue weighted by atomic mass is 9.80. The number of furan rings is 1. The van der Waals surface area contributed by atoms with E-state index in [0.29, 0.717) is 56.6 Å². The Morgan fingerprint density at radius 3 is 2.67 bits per heavy atom. The van der Waals surface area contributed by atoms with Crippen molar-refractivity contribution in [1.82, 2.24) is 5.32 Å². The number of aliphatic hydroxyl groups is 1. The molecule has 0 saturated carbocycles. The summed E-state index contributed by atoms with van der Waals surface area (Å²) in [5, 5.41) is 16.2. The van der Waals surface area contributed by atoms with Crippen LogP contribution in [0, 0.1) is 5.92 Å². The highest BCUT2D eigenvalue weighted by molar-refractivity contribution is 5.94. The molecule has 2 heterocycles. The number of hydrogen-bond donors (Lipinski definition) is 4. The molecule has 9 nitrogen and oxygen atoms in total. The third-order valence-corrected chi connectivity index (χ3v) is 6.86. The molecular weight excluding hydrogens is 498 g/mol. The lowest BCUT2D eigenvalue weighted by molar-refractivity contribution is -0.166. The molecule has 1 aromatic heterocycles. The number of allylic oxidation sites excluding steroid dienone is 1. The normalized spacial score (nSPS) is 18.8. The summed E-state index contributed by atoms with van der Waals surface area (Å²) in [6, 6.07) is 14.9. The predicted molar refractivity (Wildman–Crippen MR) is 150 cm³/mol. The van der Waals surface area contributed by atoms with Gasteiger partial charge in [-0.15, -0.1) is 0 Å². The molecule has 4 rings (SSSR count). The van der Waals surface area contributed by atoms with Gasteiger partial charge in [0.1, 0.15) is 5.58 Å². The minimum Gasteiger partial charge on any atom is -0.464 e. The van der Waals surface area contributed by atoms with E-state index in [9.17, 15) is 14.7 Å². The number of rotatable bonds is 13. The molecule has 3 unspecified atom stereocenters. The van der Waals surface area contributed by atoms with Crippen LogP contribution < -0.4 is 16.4 Å². The molecule has 2 amide bonds. The van der Waals surface area contributed by atoms with Gasteiger partial charge in [-0.05, 0) is 56.9 Å². The number of nitrogens with one attached hydrogen (secondary N) is 2. The Morgan fingerprint density at radius 2 is 1.87 bits per heavy atom. The minimum atomic E-state index is -0.639. The van der Waals surface area contributed by atoms with Crippen LogP contribution in [0.15, 0.2) is 71.0 Å². The smallest absolute Gasteiger partial charge is 0.286 e. The number of nitrogens with two attached hydrogens (primary N) is 1. The van der Waals surface area contributed by atoms with Crippen molar-refractivity contribution in [1.29, 1.82) is 0 Å². The maximum Gasteiger partial charge on any atom is 0.286 e. The number of ether oxygens (including phenoxy) is 2. The average molecular weight is 536 g/mol. The first kappa shape index (κ1) is 28.2. The van der Waals surface area contributed by atoms with E-state index >= 15 is 0 Å². The molecular formula is C30H37N3O6. The number of para-hydroxylation sites is 3. The minimum absolute atomic E-state index is 0.0576. The van der Waals surface area contributed by atoms with Gasteiger partial charge in [-0.1, -0.05) is 30.3 Å². The fourth-order valence-electron chi connectivity index (χ4n) is 4.90. The highest BCUT2D eigenvalue weighted by atomic mass is 16.7.